The quantitative estimate of drug-likeness (QED) is 0.504. The predicted octanol–water partition coefficient (Wildman–Crippen LogP) is 5.25. The van der Waals surface area contributed by atoms with E-state index in [1.165, 1.54) is 0 Å². The lowest BCUT2D eigenvalue weighted by molar-refractivity contribution is 0.0698. The van der Waals surface area contributed by atoms with Gasteiger partial charge in [-0.15, -0.1) is 0 Å². The highest BCUT2D eigenvalue weighted by Crippen LogP contribution is 2.27. The maximum atomic E-state index is 11.5. The first-order valence-corrected chi connectivity index (χ1v) is 8.80. The molecule has 0 amide bonds. The van der Waals surface area contributed by atoms with Gasteiger partial charge < -0.3 is 10.4 Å². The molecule has 0 saturated heterocycles. The number of carbonyl (C=O) groups is 1. The molecule has 0 radical (unpaired) electrons. The number of nitrogens with zero attached hydrogens (tertiary/aromatic N) is 2. The van der Waals surface area contributed by atoms with Crippen molar-refractivity contribution in [2.24, 2.45) is 0 Å². The van der Waals surface area contributed by atoms with Crippen LogP contribution in [0.3, 0.4) is 0 Å². The third-order valence-electron chi connectivity index (χ3n) is 4.27. The van der Waals surface area contributed by atoms with Crippen LogP contribution in [0.4, 0.5) is 11.6 Å². The molecule has 0 fully saturated rings. The summed E-state index contributed by atoms with van der Waals surface area (Å²) in [5.74, 6) is -0.667. The van der Waals surface area contributed by atoms with Gasteiger partial charge in [-0.1, -0.05) is 72.8 Å². The number of hydrogen-bond donors (Lipinski definition) is 2. The minimum atomic E-state index is -1.01. The zero-order valence-electron chi connectivity index (χ0n) is 14.9. The Morgan fingerprint density at radius 3 is 1.75 bits per heavy atom. The lowest BCUT2D eigenvalue weighted by Crippen LogP contribution is -2.05. The van der Waals surface area contributed by atoms with E-state index in [0.29, 0.717) is 11.6 Å². The van der Waals surface area contributed by atoms with Crippen LogP contribution in [0.25, 0.3) is 22.5 Å². The van der Waals surface area contributed by atoms with Crippen LogP contribution in [0, 0.1) is 0 Å². The van der Waals surface area contributed by atoms with Gasteiger partial charge in [0.05, 0.1) is 22.6 Å². The van der Waals surface area contributed by atoms with Gasteiger partial charge in [0, 0.05) is 11.1 Å². The second-order valence-corrected chi connectivity index (χ2v) is 6.17. The van der Waals surface area contributed by atoms with Crippen molar-refractivity contribution >= 4 is 17.6 Å². The van der Waals surface area contributed by atoms with Crippen molar-refractivity contribution in [3.05, 3.63) is 96.6 Å². The molecular weight excluding hydrogens is 350 g/mol. The summed E-state index contributed by atoms with van der Waals surface area (Å²) in [5.41, 5.74) is 4.03. The highest BCUT2D eigenvalue weighted by atomic mass is 16.4. The molecule has 0 spiro atoms. The number of anilines is 2. The third-order valence-corrected chi connectivity index (χ3v) is 4.27. The molecule has 1 aromatic heterocycles. The number of carboxylic acids is 1. The molecule has 0 bridgehead atoms. The van der Waals surface area contributed by atoms with Gasteiger partial charge in [0.15, 0.2) is 0 Å². The van der Waals surface area contributed by atoms with E-state index in [2.05, 4.69) is 15.3 Å². The molecule has 4 aromatic rings. The van der Waals surface area contributed by atoms with E-state index in [0.717, 1.165) is 22.5 Å². The van der Waals surface area contributed by atoms with Gasteiger partial charge in [-0.05, 0) is 18.2 Å². The number of carboxylic acid groups (broad SMARTS) is 1. The lowest BCUT2D eigenvalue weighted by atomic mass is 10.1. The van der Waals surface area contributed by atoms with E-state index in [-0.39, 0.29) is 5.56 Å². The largest absolute Gasteiger partial charge is 0.478 e. The molecule has 28 heavy (non-hydrogen) atoms. The molecule has 136 valence electrons. The van der Waals surface area contributed by atoms with Crippen LogP contribution in [-0.2, 0) is 0 Å². The summed E-state index contributed by atoms with van der Waals surface area (Å²) in [5, 5.41) is 12.5. The monoisotopic (exact) mass is 367 g/mol. The number of benzene rings is 3. The van der Waals surface area contributed by atoms with Gasteiger partial charge >= 0.3 is 5.97 Å². The molecule has 5 heteroatoms. The Hall–Kier alpha value is -3.99. The van der Waals surface area contributed by atoms with Gasteiger partial charge in [0.1, 0.15) is 0 Å². The van der Waals surface area contributed by atoms with Crippen LogP contribution < -0.4 is 5.32 Å². The summed E-state index contributed by atoms with van der Waals surface area (Å²) >= 11 is 0. The molecule has 5 nitrogen and oxygen atoms in total. The predicted molar refractivity (Wildman–Crippen MR) is 110 cm³/mol. The number of para-hydroxylation sites is 1. The number of nitrogens with one attached hydrogen (secondary N) is 1. The average Bonchev–Trinajstić information content (AvgIpc) is 2.75. The maximum Gasteiger partial charge on any atom is 0.337 e. The van der Waals surface area contributed by atoms with Gasteiger partial charge in [-0.3, -0.25) is 0 Å². The van der Waals surface area contributed by atoms with E-state index in [4.69, 9.17) is 0 Å². The fourth-order valence-electron chi connectivity index (χ4n) is 2.92. The Morgan fingerprint density at radius 1 is 0.714 bits per heavy atom. The Bertz CT molecular complexity index is 1060. The van der Waals surface area contributed by atoms with E-state index < -0.39 is 5.97 Å². The second kappa shape index (κ2) is 7.72. The summed E-state index contributed by atoms with van der Waals surface area (Å²) in [6.45, 7) is 0. The Morgan fingerprint density at radius 2 is 1.21 bits per heavy atom. The number of aromatic nitrogens is 2. The maximum absolute atomic E-state index is 11.5. The third kappa shape index (κ3) is 3.73. The summed E-state index contributed by atoms with van der Waals surface area (Å²) in [7, 11) is 0. The molecule has 0 aliphatic heterocycles. The summed E-state index contributed by atoms with van der Waals surface area (Å²) in [4.78, 5) is 20.7. The molecule has 0 saturated carbocycles. The Balaban J connectivity index is 1.82. The first-order chi connectivity index (χ1) is 13.7. The zero-order valence-corrected chi connectivity index (χ0v) is 14.9. The van der Waals surface area contributed by atoms with Gasteiger partial charge in [-0.25, -0.2) is 14.8 Å². The van der Waals surface area contributed by atoms with Crippen LogP contribution in [0.1, 0.15) is 10.4 Å². The minimum absolute atomic E-state index is 0.164. The molecule has 0 unspecified atom stereocenters. The van der Waals surface area contributed by atoms with Crippen molar-refractivity contribution in [2.45, 2.75) is 0 Å². The molecule has 2 N–H and O–H groups in total. The zero-order chi connectivity index (χ0) is 19.3. The van der Waals surface area contributed by atoms with Crippen molar-refractivity contribution in [2.75, 3.05) is 5.32 Å². The molecule has 4 rings (SSSR count). The summed E-state index contributed by atoms with van der Waals surface area (Å²) < 4.78 is 0. The minimum Gasteiger partial charge on any atom is -0.478 e. The summed E-state index contributed by atoms with van der Waals surface area (Å²) in [6.07, 6.45) is 0. The SMILES string of the molecule is O=C(O)c1ccccc1Nc1nc(-c2ccccc2)cc(-c2ccccc2)n1. The fraction of sp³-hybridized carbons (Fsp3) is 0. The Kier molecular flexibility index (Phi) is 4.80. The standard InChI is InChI=1S/C23H17N3O2/c27-22(28)18-13-7-8-14-19(18)24-23-25-20(16-9-3-1-4-10-16)15-21(26-23)17-11-5-2-6-12-17/h1-15H,(H,27,28)(H,24,25,26). The summed E-state index contributed by atoms with van der Waals surface area (Å²) in [6, 6.07) is 28.2. The van der Waals surface area contributed by atoms with E-state index in [1.807, 2.05) is 66.7 Å². The van der Waals surface area contributed by atoms with Crippen molar-refractivity contribution < 1.29 is 9.90 Å². The topological polar surface area (TPSA) is 75.1 Å². The fourth-order valence-corrected chi connectivity index (χ4v) is 2.92. The van der Waals surface area contributed by atoms with Crippen LogP contribution in [0.2, 0.25) is 0 Å². The number of aromatic carboxylic acids is 1. The highest BCUT2D eigenvalue weighted by molar-refractivity contribution is 5.94. The highest BCUT2D eigenvalue weighted by Gasteiger charge is 2.13. The second-order valence-electron chi connectivity index (χ2n) is 6.17. The van der Waals surface area contributed by atoms with Crippen LogP contribution >= 0.6 is 0 Å². The molecule has 0 atom stereocenters. The van der Waals surface area contributed by atoms with Crippen LogP contribution in [0.5, 0.6) is 0 Å². The van der Waals surface area contributed by atoms with Crippen molar-refractivity contribution in [1.82, 2.24) is 9.97 Å². The van der Waals surface area contributed by atoms with Gasteiger partial charge in [0.2, 0.25) is 5.95 Å². The van der Waals surface area contributed by atoms with Crippen LogP contribution in [-0.4, -0.2) is 21.0 Å². The Labute approximate surface area is 162 Å². The van der Waals surface area contributed by atoms with E-state index in [1.54, 1.807) is 24.3 Å². The molecular formula is C23H17N3O2. The average molecular weight is 367 g/mol. The first-order valence-electron chi connectivity index (χ1n) is 8.80. The number of hydrogen-bond acceptors (Lipinski definition) is 4. The van der Waals surface area contributed by atoms with Gasteiger partial charge in [-0.2, -0.15) is 0 Å². The van der Waals surface area contributed by atoms with E-state index >= 15 is 0 Å². The lowest BCUT2D eigenvalue weighted by Gasteiger charge is -2.12. The van der Waals surface area contributed by atoms with Crippen molar-refractivity contribution in [3.8, 4) is 22.5 Å². The van der Waals surface area contributed by atoms with Crippen LogP contribution in [0.15, 0.2) is 91.0 Å². The van der Waals surface area contributed by atoms with Crippen molar-refractivity contribution in [3.63, 3.8) is 0 Å². The normalized spacial score (nSPS) is 10.4. The molecule has 3 aromatic carbocycles. The molecule has 0 aliphatic carbocycles. The van der Waals surface area contributed by atoms with Crippen molar-refractivity contribution in [1.29, 1.82) is 0 Å². The van der Waals surface area contributed by atoms with Gasteiger partial charge in [0.25, 0.3) is 0 Å². The smallest absolute Gasteiger partial charge is 0.337 e. The molecule has 1 heterocycles. The molecule has 0 aliphatic rings. The number of rotatable bonds is 5. The first kappa shape index (κ1) is 17.4. The van der Waals surface area contributed by atoms with E-state index in [9.17, 15) is 9.90 Å².